The lowest BCUT2D eigenvalue weighted by Gasteiger charge is -2.29. The second-order valence-corrected chi connectivity index (χ2v) is 4.59. The van der Waals surface area contributed by atoms with E-state index in [-0.39, 0.29) is 12.5 Å². The number of rotatable bonds is 2. The molecule has 2 fully saturated rings. The molecule has 5 nitrogen and oxygen atoms in total. The zero-order chi connectivity index (χ0) is 11.2. The SMILES string of the molecule is CC(C)C1(C)O[C@H]2O[C@H](CO)[C@H](O)[C@H]2O1. The number of aliphatic hydroxyl groups is 2. The van der Waals surface area contributed by atoms with E-state index >= 15 is 0 Å². The molecule has 88 valence electrons. The van der Waals surface area contributed by atoms with E-state index in [1.165, 1.54) is 0 Å². The van der Waals surface area contributed by atoms with E-state index < -0.39 is 30.4 Å². The van der Waals surface area contributed by atoms with Crippen LogP contribution in [0.1, 0.15) is 20.8 Å². The number of hydrogen-bond acceptors (Lipinski definition) is 5. The normalized spacial score (nSPS) is 50.0. The van der Waals surface area contributed by atoms with Crippen molar-refractivity contribution in [1.29, 1.82) is 0 Å². The van der Waals surface area contributed by atoms with Gasteiger partial charge in [0, 0.05) is 5.92 Å². The van der Waals surface area contributed by atoms with Crippen LogP contribution in [0.3, 0.4) is 0 Å². The molecule has 1 unspecified atom stereocenters. The molecule has 2 heterocycles. The van der Waals surface area contributed by atoms with Crippen molar-refractivity contribution in [3.8, 4) is 0 Å². The lowest BCUT2D eigenvalue weighted by molar-refractivity contribution is -0.246. The molecule has 0 bridgehead atoms. The van der Waals surface area contributed by atoms with Crippen molar-refractivity contribution in [3.05, 3.63) is 0 Å². The Morgan fingerprint density at radius 3 is 2.47 bits per heavy atom. The maximum Gasteiger partial charge on any atom is 0.190 e. The highest BCUT2D eigenvalue weighted by atomic mass is 16.8. The smallest absolute Gasteiger partial charge is 0.190 e. The lowest BCUT2D eigenvalue weighted by Crippen LogP contribution is -2.39. The van der Waals surface area contributed by atoms with Gasteiger partial charge in [0.1, 0.15) is 18.3 Å². The molecule has 0 spiro atoms. The summed E-state index contributed by atoms with van der Waals surface area (Å²) in [7, 11) is 0. The predicted molar refractivity (Wildman–Crippen MR) is 51.0 cm³/mol. The van der Waals surface area contributed by atoms with Gasteiger partial charge in [-0.2, -0.15) is 0 Å². The van der Waals surface area contributed by atoms with Crippen LogP contribution in [0, 0.1) is 5.92 Å². The van der Waals surface area contributed by atoms with Crippen LogP contribution in [0.25, 0.3) is 0 Å². The van der Waals surface area contributed by atoms with Gasteiger partial charge < -0.3 is 24.4 Å². The summed E-state index contributed by atoms with van der Waals surface area (Å²) in [4.78, 5) is 0. The van der Waals surface area contributed by atoms with E-state index in [9.17, 15) is 5.11 Å². The third-order valence-electron chi connectivity index (χ3n) is 3.24. The summed E-state index contributed by atoms with van der Waals surface area (Å²) in [6.07, 6.45) is -2.48. The average molecular weight is 218 g/mol. The number of fused-ring (bicyclic) bond motifs is 1. The Morgan fingerprint density at radius 1 is 1.33 bits per heavy atom. The summed E-state index contributed by atoms with van der Waals surface area (Å²) in [6.45, 7) is 5.58. The lowest BCUT2D eigenvalue weighted by atomic mass is 10.1. The van der Waals surface area contributed by atoms with Crippen LogP contribution in [-0.2, 0) is 14.2 Å². The maximum absolute atomic E-state index is 9.78. The highest BCUT2D eigenvalue weighted by Gasteiger charge is 2.56. The Morgan fingerprint density at radius 2 is 2.00 bits per heavy atom. The molecular formula is C10H18O5. The first-order valence-electron chi connectivity index (χ1n) is 5.28. The summed E-state index contributed by atoms with van der Waals surface area (Å²) in [5, 5.41) is 18.7. The Kier molecular flexibility index (Phi) is 2.77. The van der Waals surface area contributed by atoms with Gasteiger partial charge in [-0.3, -0.25) is 0 Å². The van der Waals surface area contributed by atoms with Crippen LogP contribution >= 0.6 is 0 Å². The minimum atomic E-state index is -0.819. The van der Waals surface area contributed by atoms with E-state index in [0.29, 0.717) is 0 Å². The molecule has 0 aliphatic carbocycles. The fraction of sp³-hybridized carbons (Fsp3) is 1.00. The van der Waals surface area contributed by atoms with Gasteiger partial charge in [-0.05, 0) is 6.92 Å². The maximum atomic E-state index is 9.78. The molecule has 5 heteroatoms. The van der Waals surface area contributed by atoms with Crippen LogP contribution in [0.4, 0.5) is 0 Å². The molecule has 0 amide bonds. The Bertz CT molecular complexity index is 244. The second-order valence-electron chi connectivity index (χ2n) is 4.59. The van der Waals surface area contributed by atoms with Gasteiger partial charge in [0.2, 0.25) is 0 Å². The zero-order valence-corrected chi connectivity index (χ0v) is 9.21. The first kappa shape index (κ1) is 11.3. The summed E-state index contributed by atoms with van der Waals surface area (Å²) in [5.74, 6) is -0.539. The predicted octanol–water partition coefficient (Wildman–Crippen LogP) is -0.148. The van der Waals surface area contributed by atoms with Crippen LogP contribution in [0.2, 0.25) is 0 Å². The molecular weight excluding hydrogens is 200 g/mol. The molecule has 2 N–H and O–H groups in total. The summed E-state index contributed by atoms with van der Waals surface area (Å²) < 4.78 is 16.6. The fourth-order valence-corrected chi connectivity index (χ4v) is 1.87. The van der Waals surface area contributed by atoms with Crippen molar-refractivity contribution in [1.82, 2.24) is 0 Å². The molecule has 0 radical (unpaired) electrons. The first-order valence-corrected chi connectivity index (χ1v) is 5.28. The van der Waals surface area contributed by atoms with Gasteiger partial charge in [-0.25, -0.2) is 0 Å². The second kappa shape index (κ2) is 3.68. The van der Waals surface area contributed by atoms with E-state index in [1.54, 1.807) is 0 Å². The van der Waals surface area contributed by atoms with Crippen LogP contribution in [0.15, 0.2) is 0 Å². The molecule has 2 aliphatic heterocycles. The van der Waals surface area contributed by atoms with Gasteiger partial charge in [-0.1, -0.05) is 13.8 Å². The third-order valence-corrected chi connectivity index (χ3v) is 3.24. The molecule has 2 rings (SSSR count). The van der Waals surface area contributed by atoms with Gasteiger partial charge in [0.05, 0.1) is 6.61 Å². The third kappa shape index (κ3) is 1.68. The minimum Gasteiger partial charge on any atom is -0.394 e. The van der Waals surface area contributed by atoms with E-state index in [0.717, 1.165) is 0 Å². The first-order chi connectivity index (χ1) is 6.98. The Labute approximate surface area is 88.9 Å². The molecule has 2 saturated heterocycles. The van der Waals surface area contributed by atoms with Gasteiger partial charge >= 0.3 is 0 Å². The topological polar surface area (TPSA) is 68.2 Å². The van der Waals surface area contributed by atoms with Crippen LogP contribution < -0.4 is 0 Å². The van der Waals surface area contributed by atoms with Crippen molar-refractivity contribution in [2.24, 2.45) is 5.92 Å². The van der Waals surface area contributed by atoms with Crippen molar-refractivity contribution in [3.63, 3.8) is 0 Å². The van der Waals surface area contributed by atoms with Gasteiger partial charge in [0.15, 0.2) is 12.1 Å². The van der Waals surface area contributed by atoms with Crippen molar-refractivity contribution < 1.29 is 24.4 Å². The molecule has 2 aliphatic rings. The molecule has 0 aromatic heterocycles. The molecule has 15 heavy (non-hydrogen) atoms. The highest BCUT2D eigenvalue weighted by Crippen LogP contribution is 2.40. The molecule has 0 aromatic rings. The minimum absolute atomic E-state index is 0.173. The van der Waals surface area contributed by atoms with E-state index in [2.05, 4.69) is 0 Å². The number of hydrogen-bond donors (Lipinski definition) is 2. The van der Waals surface area contributed by atoms with E-state index in [4.69, 9.17) is 19.3 Å². The fourth-order valence-electron chi connectivity index (χ4n) is 1.87. The zero-order valence-electron chi connectivity index (χ0n) is 9.21. The van der Waals surface area contributed by atoms with Crippen LogP contribution in [-0.4, -0.2) is 47.2 Å². The van der Waals surface area contributed by atoms with Gasteiger partial charge in [-0.15, -0.1) is 0 Å². The standard InChI is InChI=1S/C10H18O5/c1-5(2)10(3)14-8-7(12)6(4-11)13-9(8)15-10/h5-9,11-12H,4H2,1-3H3/t6-,7+,8-,9-,10?/m1/s1. The average Bonchev–Trinajstić information content (AvgIpc) is 2.64. The monoisotopic (exact) mass is 218 g/mol. The summed E-state index contributed by atoms with van der Waals surface area (Å²) in [6, 6.07) is 0. The Balaban J connectivity index is 2.08. The van der Waals surface area contributed by atoms with Crippen LogP contribution in [0.5, 0.6) is 0 Å². The van der Waals surface area contributed by atoms with Crippen molar-refractivity contribution >= 4 is 0 Å². The molecule has 0 saturated carbocycles. The Hall–Kier alpha value is -0.200. The summed E-state index contributed by atoms with van der Waals surface area (Å²) in [5.41, 5.74) is 0. The largest absolute Gasteiger partial charge is 0.394 e. The number of ether oxygens (including phenoxy) is 3. The highest BCUT2D eigenvalue weighted by molar-refractivity contribution is 4.94. The molecule has 0 aromatic carbocycles. The molecule has 5 atom stereocenters. The summed E-state index contributed by atoms with van der Waals surface area (Å²) >= 11 is 0. The quantitative estimate of drug-likeness (QED) is 0.674. The van der Waals surface area contributed by atoms with E-state index in [1.807, 2.05) is 20.8 Å². The number of aliphatic hydroxyl groups excluding tert-OH is 2. The van der Waals surface area contributed by atoms with Gasteiger partial charge in [0.25, 0.3) is 0 Å². The van der Waals surface area contributed by atoms with Crippen molar-refractivity contribution in [2.75, 3.05) is 6.61 Å². The van der Waals surface area contributed by atoms with Crippen molar-refractivity contribution in [2.45, 2.75) is 51.2 Å².